The van der Waals surface area contributed by atoms with Crippen LogP contribution in [0.25, 0.3) is 0 Å². The Hall–Kier alpha value is -2.61. The van der Waals surface area contributed by atoms with Gasteiger partial charge in [-0.3, -0.25) is 30.0 Å². The van der Waals surface area contributed by atoms with Crippen LogP contribution in [0.4, 0.5) is 0 Å². The molecular formula is C15H17ClN4O4. The Labute approximate surface area is 143 Å². The molecule has 1 aromatic rings. The fraction of sp³-hybridized carbons (Fsp3) is 0.333. The Kier molecular flexibility index (Phi) is 5.75. The lowest BCUT2D eigenvalue weighted by atomic mass is 10.2. The number of carbonyl (C=O) groups is 4. The number of piperazine rings is 1. The van der Waals surface area contributed by atoms with Crippen LogP contribution >= 0.6 is 11.6 Å². The summed E-state index contributed by atoms with van der Waals surface area (Å²) in [4.78, 5) is 49.9. The van der Waals surface area contributed by atoms with E-state index in [9.17, 15) is 19.2 Å². The minimum Gasteiger partial charge on any atom is -0.333 e. The van der Waals surface area contributed by atoms with Crippen molar-refractivity contribution in [2.75, 3.05) is 26.2 Å². The van der Waals surface area contributed by atoms with Crippen LogP contribution in [-0.2, 0) is 14.4 Å². The molecule has 24 heavy (non-hydrogen) atoms. The molecule has 0 radical (unpaired) electrons. The van der Waals surface area contributed by atoms with Crippen LogP contribution in [0.2, 0.25) is 5.02 Å². The van der Waals surface area contributed by atoms with E-state index in [1.165, 1.54) is 17.0 Å². The zero-order valence-electron chi connectivity index (χ0n) is 13.0. The molecule has 1 saturated heterocycles. The molecule has 0 saturated carbocycles. The molecule has 0 aliphatic carbocycles. The average Bonchev–Trinajstić information content (AvgIpc) is 2.58. The van der Waals surface area contributed by atoms with Gasteiger partial charge in [-0.05, 0) is 31.2 Å². The highest BCUT2D eigenvalue weighted by Crippen LogP contribution is 2.09. The molecule has 0 bridgehead atoms. The first-order valence-corrected chi connectivity index (χ1v) is 7.73. The molecule has 8 nitrogen and oxygen atoms in total. The molecule has 1 heterocycles. The number of hydrazine groups is 1. The summed E-state index contributed by atoms with van der Waals surface area (Å²) in [6.45, 7) is 2.58. The summed E-state index contributed by atoms with van der Waals surface area (Å²) in [5.74, 6) is -2.45. The second kappa shape index (κ2) is 7.78. The number of nitrogens with one attached hydrogen (secondary N) is 2. The standard InChI is InChI=1S/C15H17ClN4O4/c1-2-19-7-8-20(15(24)14(19)23)9-12(21)17-18-13(22)10-3-5-11(16)6-4-10/h3-6H,2,7-9H2,1H3,(H,17,21)(H,18,22). The lowest BCUT2D eigenvalue weighted by Crippen LogP contribution is -2.57. The summed E-state index contributed by atoms with van der Waals surface area (Å²) < 4.78 is 0. The minimum atomic E-state index is -0.720. The number of benzene rings is 1. The maximum atomic E-state index is 11.9. The lowest BCUT2D eigenvalue weighted by Gasteiger charge is -2.32. The highest BCUT2D eigenvalue weighted by atomic mass is 35.5. The van der Waals surface area contributed by atoms with Crippen molar-refractivity contribution in [3.63, 3.8) is 0 Å². The third-order valence-corrected chi connectivity index (χ3v) is 3.79. The number of nitrogens with zero attached hydrogens (tertiary/aromatic N) is 2. The number of halogens is 1. The maximum absolute atomic E-state index is 11.9. The van der Waals surface area contributed by atoms with Crippen LogP contribution in [0.15, 0.2) is 24.3 Å². The van der Waals surface area contributed by atoms with Gasteiger partial charge in [0.15, 0.2) is 0 Å². The van der Waals surface area contributed by atoms with Gasteiger partial charge in [-0.1, -0.05) is 11.6 Å². The quantitative estimate of drug-likeness (QED) is 0.578. The van der Waals surface area contributed by atoms with Crippen molar-refractivity contribution in [1.29, 1.82) is 0 Å². The lowest BCUT2D eigenvalue weighted by molar-refractivity contribution is -0.156. The molecule has 0 spiro atoms. The second-order valence-corrected chi connectivity index (χ2v) is 5.56. The molecule has 0 unspecified atom stereocenters. The van der Waals surface area contributed by atoms with Gasteiger partial charge in [0.05, 0.1) is 0 Å². The van der Waals surface area contributed by atoms with Crippen LogP contribution in [0.5, 0.6) is 0 Å². The van der Waals surface area contributed by atoms with Crippen LogP contribution in [0.3, 0.4) is 0 Å². The SMILES string of the molecule is CCN1CCN(CC(=O)NNC(=O)c2ccc(Cl)cc2)C(=O)C1=O. The molecule has 2 rings (SSSR count). The first-order chi connectivity index (χ1) is 11.4. The van der Waals surface area contributed by atoms with E-state index in [1.807, 2.05) is 0 Å². The predicted octanol–water partition coefficient (Wildman–Crippen LogP) is -0.208. The number of hydrogen-bond acceptors (Lipinski definition) is 4. The van der Waals surface area contributed by atoms with Crippen molar-refractivity contribution in [1.82, 2.24) is 20.7 Å². The molecule has 1 aromatic carbocycles. The molecule has 1 aliphatic heterocycles. The van der Waals surface area contributed by atoms with E-state index in [-0.39, 0.29) is 13.1 Å². The number of likely N-dealkylation sites (N-methyl/N-ethyl adjacent to an activating group) is 1. The summed E-state index contributed by atoms with van der Waals surface area (Å²) >= 11 is 5.73. The van der Waals surface area contributed by atoms with Gasteiger partial charge in [0.1, 0.15) is 6.54 Å². The van der Waals surface area contributed by atoms with E-state index >= 15 is 0 Å². The Morgan fingerprint density at radius 3 is 2.25 bits per heavy atom. The molecule has 1 aliphatic rings. The monoisotopic (exact) mass is 352 g/mol. The van der Waals surface area contributed by atoms with Gasteiger partial charge >= 0.3 is 11.8 Å². The van der Waals surface area contributed by atoms with Crippen molar-refractivity contribution in [3.05, 3.63) is 34.9 Å². The highest BCUT2D eigenvalue weighted by Gasteiger charge is 2.32. The van der Waals surface area contributed by atoms with Gasteiger partial charge in [0, 0.05) is 30.2 Å². The normalized spacial score (nSPS) is 14.6. The minimum absolute atomic E-state index is 0.275. The summed E-state index contributed by atoms with van der Waals surface area (Å²) in [5, 5.41) is 0.491. The van der Waals surface area contributed by atoms with Crippen LogP contribution in [0.1, 0.15) is 17.3 Å². The third kappa shape index (κ3) is 4.23. The predicted molar refractivity (Wildman–Crippen MR) is 85.9 cm³/mol. The molecule has 4 amide bonds. The molecule has 1 fully saturated rings. The fourth-order valence-corrected chi connectivity index (χ4v) is 2.31. The third-order valence-electron chi connectivity index (χ3n) is 3.54. The number of hydrogen-bond donors (Lipinski definition) is 2. The van der Waals surface area contributed by atoms with Gasteiger partial charge in [0.2, 0.25) is 0 Å². The molecule has 2 N–H and O–H groups in total. The van der Waals surface area contributed by atoms with E-state index in [0.717, 1.165) is 4.90 Å². The van der Waals surface area contributed by atoms with Gasteiger partial charge in [-0.15, -0.1) is 0 Å². The number of carbonyl (C=O) groups excluding carboxylic acids is 4. The van der Waals surface area contributed by atoms with E-state index < -0.39 is 23.6 Å². The van der Waals surface area contributed by atoms with Crippen molar-refractivity contribution in [2.24, 2.45) is 0 Å². The zero-order chi connectivity index (χ0) is 17.7. The first-order valence-electron chi connectivity index (χ1n) is 7.35. The van der Waals surface area contributed by atoms with E-state index in [2.05, 4.69) is 10.9 Å². The molecule has 0 atom stereocenters. The Morgan fingerprint density at radius 2 is 1.62 bits per heavy atom. The summed E-state index contributed by atoms with van der Waals surface area (Å²) in [6, 6.07) is 6.12. The van der Waals surface area contributed by atoms with Crippen LogP contribution in [0, 0.1) is 0 Å². The van der Waals surface area contributed by atoms with Crippen LogP contribution < -0.4 is 10.9 Å². The van der Waals surface area contributed by atoms with Crippen molar-refractivity contribution in [3.8, 4) is 0 Å². The fourth-order valence-electron chi connectivity index (χ4n) is 2.18. The van der Waals surface area contributed by atoms with E-state index in [0.29, 0.717) is 23.7 Å². The van der Waals surface area contributed by atoms with Crippen molar-refractivity contribution >= 4 is 35.2 Å². The number of amides is 4. The van der Waals surface area contributed by atoms with Gasteiger partial charge < -0.3 is 9.80 Å². The van der Waals surface area contributed by atoms with E-state index in [4.69, 9.17) is 11.6 Å². The maximum Gasteiger partial charge on any atom is 0.312 e. The van der Waals surface area contributed by atoms with Crippen molar-refractivity contribution < 1.29 is 19.2 Å². The first kappa shape index (κ1) is 17.7. The smallest absolute Gasteiger partial charge is 0.312 e. The summed E-state index contributed by atoms with van der Waals surface area (Å²) in [6.07, 6.45) is 0. The number of rotatable bonds is 4. The Bertz CT molecular complexity index is 662. The molecule has 0 aromatic heterocycles. The Balaban J connectivity index is 1.83. The zero-order valence-corrected chi connectivity index (χ0v) is 13.8. The molecular weight excluding hydrogens is 336 g/mol. The van der Waals surface area contributed by atoms with Gasteiger partial charge in [-0.25, -0.2) is 0 Å². The molecule has 128 valence electrons. The average molecular weight is 353 g/mol. The molecule has 9 heteroatoms. The van der Waals surface area contributed by atoms with Crippen molar-refractivity contribution in [2.45, 2.75) is 6.92 Å². The van der Waals surface area contributed by atoms with Gasteiger partial charge in [-0.2, -0.15) is 0 Å². The van der Waals surface area contributed by atoms with Crippen LogP contribution in [-0.4, -0.2) is 59.6 Å². The highest BCUT2D eigenvalue weighted by molar-refractivity contribution is 6.35. The summed E-state index contributed by atoms with van der Waals surface area (Å²) in [5.41, 5.74) is 4.77. The largest absolute Gasteiger partial charge is 0.333 e. The summed E-state index contributed by atoms with van der Waals surface area (Å²) in [7, 11) is 0. The van der Waals surface area contributed by atoms with Gasteiger partial charge in [0.25, 0.3) is 11.8 Å². The second-order valence-electron chi connectivity index (χ2n) is 5.12. The van der Waals surface area contributed by atoms with E-state index in [1.54, 1.807) is 19.1 Å². The Morgan fingerprint density at radius 1 is 1.04 bits per heavy atom. The topological polar surface area (TPSA) is 98.8 Å².